The van der Waals surface area contributed by atoms with E-state index in [1.807, 2.05) is 0 Å². The van der Waals surface area contributed by atoms with Crippen LogP contribution >= 0.6 is 15.9 Å². The number of esters is 1. The minimum atomic E-state index is -0.867. The van der Waals surface area contributed by atoms with Gasteiger partial charge in [0.25, 0.3) is 5.91 Å². The molecule has 0 aromatic heterocycles. The Kier molecular flexibility index (Phi) is 5.28. The van der Waals surface area contributed by atoms with Crippen LogP contribution in [0.25, 0.3) is 0 Å². The van der Waals surface area contributed by atoms with Crippen LogP contribution in [0.4, 0.5) is 4.39 Å². The van der Waals surface area contributed by atoms with Crippen LogP contribution in [0.3, 0.4) is 0 Å². The average Bonchev–Trinajstić information content (AvgIpc) is 2.26. The van der Waals surface area contributed by atoms with E-state index in [2.05, 4.69) is 21.2 Å². The summed E-state index contributed by atoms with van der Waals surface area (Å²) in [4.78, 5) is 23.7. The summed E-state index contributed by atoms with van der Waals surface area (Å²) >= 11 is 3.11. The third-order valence-electron chi connectivity index (χ3n) is 2.30. The number of hydrogen-bond acceptors (Lipinski definition) is 3. The number of carbonyl (C=O) groups is 2. The summed E-state index contributed by atoms with van der Waals surface area (Å²) in [5, 5.41) is 2.42. The maximum Gasteiger partial charge on any atom is 0.328 e. The van der Waals surface area contributed by atoms with Gasteiger partial charge in [-0.2, -0.15) is 0 Å². The maximum absolute atomic E-state index is 13.6. The molecule has 1 N–H and O–H groups in total. The molecule has 0 aliphatic heterocycles. The highest BCUT2D eigenvalue weighted by atomic mass is 79.9. The number of halogens is 2. The molecule has 0 saturated heterocycles. The van der Waals surface area contributed by atoms with Crippen molar-refractivity contribution >= 4 is 27.8 Å². The van der Waals surface area contributed by atoms with Crippen LogP contribution in [0.1, 0.15) is 38.1 Å². The second-order valence-electron chi connectivity index (χ2n) is 5.33. The predicted molar refractivity (Wildman–Crippen MR) is 76.9 cm³/mol. The lowest BCUT2D eigenvalue weighted by atomic mass is 10.1. The number of hydrogen-bond donors (Lipinski definition) is 1. The first-order chi connectivity index (χ1) is 9.11. The molecule has 20 heavy (non-hydrogen) atoms. The first-order valence-corrected chi connectivity index (χ1v) is 6.89. The molecule has 1 rings (SSSR count). The van der Waals surface area contributed by atoms with Crippen molar-refractivity contribution in [2.75, 3.05) is 0 Å². The normalized spacial score (nSPS) is 12.7. The first kappa shape index (κ1) is 16.6. The van der Waals surface area contributed by atoms with Crippen LogP contribution in [0.15, 0.2) is 22.7 Å². The summed E-state index contributed by atoms with van der Waals surface area (Å²) in [6.45, 7) is 6.67. The molecular formula is C14H17BrFNO3. The van der Waals surface area contributed by atoms with Crippen molar-refractivity contribution in [3.63, 3.8) is 0 Å². The molecule has 0 saturated carbocycles. The Morgan fingerprint density at radius 2 is 1.95 bits per heavy atom. The molecule has 1 aromatic carbocycles. The molecule has 1 aromatic rings. The highest BCUT2D eigenvalue weighted by molar-refractivity contribution is 9.10. The summed E-state index contributed by atoms with van der Waals surface area (Å²) in [5.41, 5.74) is -0.780. The lowest BCUT2D eigenvalue weighted by Crippen LogP contribution is -2.42. The van der Waals surface area contributed by atoms with Gasteiger partial charge in [0.15, 0.2) is 0 Å². The highest BCUT2D eigenvalue weighted by Gasteiger charge is 2.25. The van der Waals surface area contributed by atoms with Gasteiger partial charge in [-0.15, -0.1) is 0 Å². The summed E-state index contributed by atoms with van der Waals surface area (Å²) in [5.74, 6) is -1.90. The zero-order chi connectivity index (χ0) is 15.5. The first-order valence-electron chi connectivity index (χ1n) is 6.09. The van der Waals surface area contributed by atoms with E-state index < -0.39 is 29.3 Å². The standard InChI is InChI=1S/C14H17BrFNO3/c1-8(13(19)20-14(2,3)4)17-12(18)11-9(15)6-5-7-10(11)16/h5-8H,1-4H3,(H,17,18)/t8-/m1/s1. The lowest BCUT2D eigenvalue weighted by Gasteiger charge is -2.22. The zero-order valence-corrected chi connectivity index (χ0v) is 13.4. The molecule has 0 fully saturated rings. The molecule has 4 nitrogen and oxygen atoms in total. The molecule has 0 spiro atoms. The van der Waals surface area contributed by atoms with E-state index in [0.717, 1.165) is 0 Å². The lowest BCUT2D eigenvalue weighted by molar-refractivity contribution is -0.156. The summed E-state index contributed by atoms with van der Waals surface area (Å²) in [6.07, 6.45) is 0. The van der Waals surface area contributed by atoms with Crippen LogP contribution in [-0.2, 0) is 9.53 Å². The molecule has 1 atom stereocenters. The number of carbonyl (C=O) groups excluding carboxylic acids is 2. The quantitative estimate of drug-likeness (QED) is 0.856. The number of rotatable bonds is 3. The van der Waals surface area contributed by atoms with Gasteiger partial charge in [-0.05, 0) is 55.8 Å². The smallest absolute Gasteiger partial charge is 0.328 e. The Bertz CT molecular complexity index is 505. The SMILES string of the molecule is C[C@@H](NC(=O)c1c(F)cccc1Br)C(=O)OC(C)(C)C. The Balaban J connectivity index is 2.78. The molecule has 0 aliphatic carbocycles. The van der Waals surface area contributed by atoms with Gasteiger partial charge in [-0.1, -0.05) is 6.07 Å². The van der Waals surface area contributed by atoms with E-state index in [1.54, 1.807) is 26.8 Å². The van der Waals surface area contributed by atoms with Gasteiger partial charge in [0.1, 0.15) is 17.5 Å². The second-order valence-corrected chi connectivity index (χ2v) is 6.18. The Labute approximate surface area is 125 Å². The predicted octanol–water partition coefficient (Wildman–Crippen LogP) is 3.05. The van der Waals surface area contributed by atoms with E-state index in [9.17, 15) is 14.0 Å². The zero-order valence-electron chi connectivity index (χ0n) is 11.8. The Morgan fingerprint density at radius 1 is 1.35 bits per heavy atom. The van der Waals surface area contributed by atoms with Crippen LogP contribution in [0.2, 0.25) is 0 Å². The molecule has 0 unspecified atom stereocenters. The fourth-order valence-electron chi connectivity index (χ4n) is 1.43. The fourth-order valence-corrected chi connectivity index (χ4v) is 1.95. The van der Waals surface area contributed by atoms with Crippen LogP contribution in [0.5, 0.6) is 0 Å². The average molecular weight is 346 g/mol. The summed E-state index contributed by atoms with van der Waals surface area (Å²) in [6, 6.07) is 3.34. The van der Waals surface area contributed by atoms with E-state index in [4.69, 9.17) is 4.74 Å². The van der Waals surface area contributed by atoms with E-state index in [-0.39, 0.29) is 5.56 Å². The van der Waals surface area contributed by atoms with Crippen LogP contribution in [-0.4, -0.2) is 23.5 Å². The molecule has 0 radical (unpaired) electrons. The van der Waals surface area contributed by atoms with Gasteiger partial charge in [-0.3, -0.25) is 4.79 Å². The maximum atomic E-state index is 13.6. The van der Waals surface area contributed by atoms with E-state index in [0.29, 0.717) is 4.47 Å². The summed E-state index contributed by atoms with van der Waals surface area (Å²) < 4.78 is 19.1. The van der Waals surface area contributed by atoms with Crippen molar-refractivity contribution in [1.29, 1.82) is 0 Å². The number of nitrogens with one attached hydrogen (secondary N) is 1. The molecule has 0 bridgehead atoms. The number of amides is 1. The number of benzene rings is 1. The van der Waals surface area contributed by atoms with Crippen molar-refractivity contribution in [2.24, 2.45) is 0 Å². The van der Waals surface area contributed by atoms with Gasteiger partial charge in [0.05, 0.1) is 5.56 Å². The van der Waals surface area contributed by atoms with E-state index in [1.165, 1.54) is 19.1 Å². The molecular weight excluding hydrogens is 329 g/mol. The van der Waals surface area contributed by atoms with Gasteiger partial charge >= 0.3 is 5.97 Å². The fraction of sp³-hybridized carbons (Fsp3) is 0.429. The highest BCUT2D eigenvalue weighted by Crippen LogP contribution is 2.19. The third kappa shape index (κ3) is 4.59. The van der Waals surface area contributed by atoms with E-state index >= 15 is 0 Å². The molecule has 110 valence electrons. The van der Waals surface area contributed by atoms with Crippen molar-refractivity contribution in [3.8, 4) is 0 Å². The molecule has 0 heterocycles. The van der Waals surface area contributed by atoms with Crippen molar-refractivity contribution < 1.29 is 18.7 Å². The minimum Gasteiger partial charge on any atom is -0.458 e. The summed E-state index contributed by atoms with van der Waals surface area (Å²) in [7, 11) is 0. The topological polar surface area (TPSA) is 55.4 Å². The number of ether oxygens (including phenoxy) is 1. The second kappa shape index (κ2) is 6.35. The Morgan fingerprint density at radius 3 is 2.45 bits per heavy atom. The van der Waals surface area contributed by atoms with Crippen LogP contribution < -0.4 is 5.32 Å². The molecule has 1 amide bonds. The van der Waals surface area contributed by atoms with Crippen molar-refractivity contribution in [1.82, 2.24) is 5.32 Å². The van der Waals surface area contributed by atoms with Crippen molar-refractivity contribution in [3.05, 3.63) is 34.1 Å². The largest absolute Gasteiger partial charge is 0.458 e. The van der Waals surface area contributed by atoms with Gasteiger partial charge < -0.3 is 10.1 Å². The van der Waals surface area contributed by atoms with Crippen molar-refractivity contribution in [2.45, 2.75) is 39.3 Å². The minimum absolute atomic E-state index is 0.136. The Hall–Kier alpha value is -1.43. The third-order valence-corrected chi connectivity index (χ3v) is 2.96. The van der Waals surface area contributed by atoms with Crippen LogP contribution in [0, 0.1) is 5.82 Å². The van der Waals surface area contributed by atoms with Gasteiger partial charge in [-0.25, -0.2) is 9.18 Å². The molecule has 6 heteroatoms. The van der Waals surface area contributed by atoms with Gasteiger partial charge in [0, 0.05) is 4.47 Å². The van der Waals surface area contributed by atoms with Gasteiger partial charge in [0.2, 0.25) is 0 Å². The molecule has 0 aliphatic rings. The monoisotopic (exact) mass is 345 g/mol.